The number of hydrogen-bond donors (Lipinski definition) is 2. The van der Waals surface area contributed by atoms with Gasteiger partial charge < -0.3 is 0 Å². The largest absolute Gasteiger partial charge is 0.285 e. The maximum Gasteiger partial charge on any atom is 0.222 e. The molecule has 0 aliphatic rings. The van der Waals surface area contributed by atoms with E-state index in [1.807, 2.05) is 12.1 Å². The van der Waals surface area contributed by atoms with E-state index in [0.29, 0.717) is 5.69 Å². The number of nitrogens with one attached hydrogen (secondary N) is 1. The van der Waals surface area contributed by atoms with Gasteiger partial charge in [0.1, 0.15) is 0 Å². The van der Waals surface area contributed by atoms with Gasteiger partial charge >= 0.3 is 0 Å². The minimum Gasteiger partial charge on any atom is -0.285 e. The highest BCUT2D eigenvalue weighted by Crippen LogP contribution is 2.16. The second kappa shape index (κ2) is 3.91. The molecule has 0 saturated heterocycles. The summed E-state index contributed by atoms with van der Waals surface area (Å²) in [6.07, 6.45) is 0. The average molecular weight is 283 g/mol. The van der Waals surface area contributed by atoms with Crippen LogP contribution in [0.15, 0.2) is 24.3 Å². The minimum atomic E-state index is -2.55. The number of hydrogen-bond acceptors (Lipinski definition) is 2. The Balaban J connectivity index is 2.94. The summed E-state index contributed by atoms with van der Waals surface area (Å²) in [5.41, 5.74) is 0.629. The van der Waals surface area contributed by atoms with E-state index in [-0.39, 0.29) is 0 Å². The first-order valence-electron chi connectivity index (χ1n) is 2.86. The standard InChI is InChI=1S/C6H6INO2S/c7-5-3-1-2-4-6(5)8-11(9)10/h1-4,11H,(H,8,9,10). The van der Waals surface area contributed by atoms with Crippen LogP contribution in [0.2, 0.25) is 0 Å². The molecule has 0 radical (unpaired) electrons. The minimum absolute atomic E-state index is 0.629. The summed E-state index contributed by atoms with van der Waals surface area (Å²) in [5, 5.41) is 0. The molecular formula is C6H6INO2S. The van der Waals surface area contributed by atoms with Gasteiger partial charge in [-0.2, -0.15) is 0 Å². The van der Waals surface area contributed by atoms with Crippen molar-refractivity contribution in [3.05, 3.63) is 27.8 Å². The number of benzene rings is 1. The lowest BCUT2D eigenvalue weighted by Gasteiger charge is -1.99. The highest BCUT2D eigenvalue weighted by molar-refractivity contribution is 14.1. The molecule has 0 atom stereocenters. The highest BCUT2D eigenvalue weighted by Gasteiger charge is 1.95. The zero-order valence-electron chi connectivity index (χ0n) is 5.45. The lowest BCUT2D eigenvalue weighted by atomic mass is 10.3. The Kier molecular flexibility index (Phi) is 3.13. The lowest BCUT2D eigenvalue weighted by molar-refractivity contribution is 0.619. The summed E-state index contributed by atoms with van der Waals surface area (Å²) in [4.78, 5) is 0. The third-order valence-electron chi connectivity index (χ3n) is 1.09. The Labute approximate surface area is 80.0 Å². The maximum atomic E-state index is 10.2. The van der Waals surface area contributed by atoms with Crippen molar-refractivity contribution in [2.75, 3.05) is 4.72 Å². The molecule has 0 aliphatic heterocycles. The van der Waals surface area contributed by atoms with Gasteiger partial charge in [0.2, 0.25) is 10.9 Å². The van der Waals surface area contributed by atoms with Gasteiger partial charge in [-0.05, 0) is 34.7 Å². The second-order valence-electron chi connectivity index (χ2n) is 1.85. The summed E-state index contributed by atoms with van der Waals surface area (Å²) in [7, 11) is -2.55. The van der Waals surface area contributed by atoms with Gasteiger partial charge in [0.15, 0.2) is 0 Å². The molecule has 1 N–H and O–H groups in total. The Morgan fingerprint density at radius 2 is 1.91 bits per heavy atom. The molecule has 0 bridgehead atoms. The third kappa shape index (κ3) is 2.66. The zero-order valence-corrected chi connectivity index (χ0v) is 8.50. The van der Waals surface area contributed by atoms with E-state index in [1.165, 1.54) is 0 Å². The fourth-order valence-corrected chi connectivity index (χ4v) is 1.78. The topological polar surface area (TPSA) is 46.2 Å². The van der Waals surface area contributed by atoms with Gasteiger partial charge in [-0.3, -0.25) is 4.72 Å². The van der Waals surface area contributed by atoms with E-state index >= 15 is 0 Å². The Bertz CT molecular complexity index is 316. The van der Waals surface area contributed by atoms with Crippen molar-refractivity contribution in [1.29, 1.82) is 0 Å². The summed E-state index contributed by atoms with van der Waals surface area (Å²) < 4.78 is 23.7. The van der Waals surface area contributed by atoms with Crippen molar-refractivity contribution in [2.45, 2.75) is 0 Å². The quantitative estimate of drug-likeness (QED) is 0.633. The molecule has 3 nitrogen and oxygen atoms in total. The van der Waals surface area contributed by atoms with Gasteiger partial charge in [0, 0.05) is 3.57 Å². The van der Waals surface area contributed by atoms with Crippen molar-refractivity contribution >= 4 is 39.2 Å². The normalized spacial score (nSPS) is 10.0. The highest BCUT2D eigenvalue weighted by atomic mass is 127. The molecule has 0 spiro atoms. The van der Waals surface area contributed by atoms with Crippen LogP contribution in [-0.2, 0) is 10.9 Å². The van der Waals surface area contributed by atoms with E-state index < -0.39 is 10.9 Å². The van der Waals surface area contributed by atoms with Crippen LogP contribution >= 0.6 is 22.6 Å². The molecule has 1 rings (SSSR count). The molecular weight excluding hydrogens is 277 g/mol. The SMILES string of the molecule is O=[SH](=O)Nc1ccccc1I. The molecule has 5 heteroatoms. The molecule has 11 heavy (non-hydrogen) atoms. The van der Waals surface area contributed by atoms with Crippen LogP contribution in [0.25, 0.3) is 0 Å². The van der Waals surface area contributed by atoms with Crippen LogP contribution in [0, 0.1) is 3.57 Å². The first kappa shape index (κ1) is 8.79. The Hall–Kier alpha value is -0.300. The van der Waals surface area contributed by atoms with Crippen molar-refractivity contribution < 1.29 is 8.42 Å². The fraction of sp³-hybridized carbons (Fsp3) is 0. The summed E-state index contributed by atoms with van der Waals surface area (Å²) in [5.74, 6) is 0. The smallest absolute Gasteiger partial charge is 0.222 e. The van der Waals surface area contributed by atoms with Crippen molar-refractivity contribution in [3.8, 4) is 0 Å². The van der Waals surface area contributed by atoms with Crippen LogP contribution in [0.4, 0.5) is 5.69 Å². The van der Waals surface area contributed by atoms with E-state index in [0.717, 1.165) is 3.57 Å². The molecule has 1 aromatic rings. The van der Waals surface area contributed by atoms with Crippen LogP contribution in [0.1, 0.15) is 0 Å². The summed E-state index contributed by atoms with van der Waals surface area (Å²) >= 11 is 2.06. The average Bonchev–Trinajstić information content (AvgIpc) is 1.93. The zero-order chi connectivity index (χ0) is 8.27. The molecule has 60 valence electrons. The number of halogens is 1. The van der Waals surface area contributed by atoms with Gasteiger partial charge in [-0.25, -0.2) is 8.42 Å². The van der Waals surface area contributed by atoms with Crippen LogP contribution < -0.4 is 4.72 Å². The molecule has 0 unspecified atom stereocenters. The van der Waals surface area contributed by atoms with Gasteiger partial charge in [0.25, 0.3) is 0 Å². The van der Waals surface area contributed by atoms with Gasteiger partial charge in [0.05, 0.1) is 5.69 Å². The Morgan fingerprint density at radius 1 is 1.27 bits per heavy atom. The third-order valence-corrected chi connectivity index (χ3v) is 2.45. The number of rotatable bonds is 2. The molecule has 0 fully saturated rings. The molecule has 1 aromatic carbocycles. The van der Waals surface area contributed by atoms with Crippen LogP contribution in [-0.4, -0.2) is 8.42 Å². The monoisotopic (exact) mass is 283 g/mol. The summed E-state index contributed by atoms with van der Waals surface area (Å²) in [6, 6.07) is 7.18. The molecule has 0 amide bonds. The van der Waals surface area contributed by atoms with Crippen molar-refractivity contribution in [1.82, 2.24) is 0 Å². The molecule has 0 saturated carbocycles. The lowest BCUT2D eigenvalue weighted by Crippen LogP contribution is -1.96. The first-order chi connectivity index (χ1) is 5.20. The number of para-hydroxylation sites is 1. The predicted molar refractivity (Wildman–Crippen MR) is 53.1 cm³/mol. The first-order valence-corrected chi connectivity index (χ1v) is 5.11. The van der Waals surface area contributed by atoms with Crippen LogP contribution in [0.5, 0.6) is 0 Å². The van der Waals surface area contributed by atoms with Crippen molar-refractivity contribution in [2.24, 2.45) is 0 Å². The summed E-state index contributed by atoms with van der Waals surface area (Å²) in [6.45, 7) is 0. The van der Waals surface area contributed by atoms with E-state index in [4.69, 9.17) is 0 Å². The van der Waals surface area contributed by atoms with Crippen molar-refractivity contribution in [3.63, 3.8) is 0 Å². The second-order valence-corrected chi connectivity index (χ2v) is 3.75. The van der Waals surface area contributed by atoms with Crippen LogP contribution in [0.3, 0.4) is 0 Å². The fourth-order valence-electron chi connectivity index (χ4n) is 0.650. The van der Waals surface area contributed by atoms with E-state index in [2.05, 4.69) is 27.3 Å². The molecule has 0 heterocycles. The van der Waals surface area contributed by atoms with Gasteiger partial charge in [-0.15, -0.1) is 0 Å². The van der Waals surface area contributed by atoms with Gasteiger partial charge in [-0.1, -0.05) is 12.1 Å². The van der Waals surface area contributed by atoms with E-state index in [9.17, 15) is 8.42 Å². The molecule has 0 aliphatic carbocycles. The maximum absolute atomic E-state index is 10.2. The number of anilines is 1. The predicted octanol–water partition coefficient (Wildman–Crippen LogP) is 1.23. The number of thiol groups is 1. The molecule has 0 aromatic heterocycles. The Morgan fingerprint density at radius 3 is 2.45 bits per heavy atom. The van der Waals surface area contributed by atoms with E-state index in [1.54, 1.807) is 12.1 Å².